The summed E-state index contributed by atoms with van der Waals surface area (Å²) in [5.74, 6) is 0.335. The molecule has 0 radical (unpaired) electrons. The van der Waals surface area contributed by atoms with E-state index in [9.17, 15) is 14.0 Å². The molecule has 0 aliphatic heterocycles. The van der Waals surface area contributed by atoms with Gasteiger partial charge in [-0.15, -0.1) is 0 Å². The molecule has 30 heavy (non-hydrogen) atoms. The van der Waals surface area contributed by atoms with Crippen molar-refractivity contribution in [3.05, 3.63) is 109 Å². The Hall–Kier alpha value is -3.65. The lowest BCUT2D eigenvalue weighted by Crippen LogP contribution is -2.28. The molecule has 0 saturated heterocycles. The highest BCUT2D eigenvalue weighted by Gasteiger charge is 2.12. The van der Waals surface area contributed by atoms with Crippen molar-refractivity contribution in [1.82, 2.24) is 14.6 Å². The van der Waals surface area contributed by atoms with E-state index >= 15 is 0 Å². The summed E-state index contributed by atoms with van der Waals surface area (Å²) in [5.41, 5.74) is 0.782. The van der Waals surface area contributed by atoms with Gasteiger partial charge in [-0.1, -0.05) is 48.3 Å². The van der Waals surface area contributed by atoms with Crippen molar-refractivity contribution >= 4 is 22.4 Å². The summed E-state index contributed by atoms with van der Waals surface area (Å²) in [7, 11) is 0. The van der Waals surface area contributed by atoms with Crippen LogP contribution in [-0.2, 0) is 6.42 Å². The van der Waals surface area contributed by atoms with Gasteiger partial charge < -0.3 is 4.74 Å². The zero-order valence-corrected chi connectivity index (χ0v) is 16.6. The third-order valence-electron chi connectivity index (χ3n) is 4.28. The van der Waals surface area contributed by atoms with E-state index in [1.54, 1.807) is 36.4 Å². The maximum atomic E-state index is 13.1. The summed E-state index contributed by atoms with van der Waals surface area (Å²) in [4.78, 5) is 29.3. The molecular formula is C22H16FN3O3S. The summed E-state index contributed by atoms with van der Waals surface area (Å²) in [6, 6.07) is 13.0. The highest BCUT2D eigenvalue weighted by Crippen LogP contribution is 2.13. The molecule has 2 aromatic carbocycles. The molecule has 0 aliphatic rings. The molecular weight excluding hydrogens is 405 g/mol. The van der Waals surface area contributed by atoms with Crippen LogP contribution in [0.4, 0.5) is 4.39 Å². The Morgan fingerprint density at radius 1 is 1.10 bits per heavy atom. The number of hydrogen-bond acceptors (Lipinski definition) is 6. The lowest BCUT2D eigenvalue weighted by Gasteiger charge is -2.02. The second-order valence-electron chi connectivity index (χ2n) is 6.45. The molecule has 8 heteroatoms. The Balaban J connectivity index is 1.69. The van der Waals surface area contributed by atoms with Crippen LogP contribution < -0.4 is 20.4 Å². The second-order valence-corrected chi connectivity index (χ2v) is 7.45. The SMILES string of the molecule is C=CCOc1ccc(C=c2sc3nc(=O)c(Cc4ccc(F)cc4)nn3c2=O)cc1. The topological polar surface area (TPSA) is 73.6 Å². The molecule has 6 nitrogen and oxygen atoms in total. The van der Waals surface area contributed by atoms with E-state index in [4.69, 9.17) is 4.74 Å². The van der Waals surface area contributed by atoms with Crippen molar-refractivity contribution in [2.45, 2.75) is 6.42 Å². The fourth-order valence-corrected chi connectivity index (χ4v) is 3.72. The Morgan fingerprint density at radius 2 is 1.83 bits per heavy atom. The number of aromatic nitrogens is 3. The number of rotatable bonds is 6. The molecule has 4 rings (SSSR count). The number of ether oxygens (including phenoxy) is 1. The fourth-order valence-electron chi connectivity index (χ4n) is 2.81. The minimum Gasteiger partial charge on any atom is -0.490 e. The molecule has 0 spiro atoms. The van der Waals surface area contributed by atoms with Crippen LogP contribution in [0.2, 0.25) is 0 Å². The summed E-state index contributed by atoms with van der Waals surface area (Å²) in [6.07, 6.45) is 3.53. The highest BCUT2D eigenvalue weighted by molar-refractivity contribution is 7.15. The number of thiazole rings is 1. The molecule has 0 bridgehead atoms. The number of benzene rings is 2. The summed E-state index contributed by atoms with van der Waals surface area (Å²) in [6.45, 7) is 4.02. The first-order chi connectivity index (χ1) is 14.5. The summed E-state index contributed by atoms with van der Waals surface area (Å²) < 4.78 is 20.1. The Morgan fingerprint density at radius 3 is 2.53 bits per heavy atom. The van der Waals surface area contributed by atoms with Gasteiger partial charge in [0.15, 0.2) is 0 Å². The van der Waals surface area contributed by atoms with Crippen molar-refractivity contribution in [3.63, 3.8) is 0 Å². The van der Waals surface area contributed by atoms with Gasteiger partial charge in [0.05, 0.1) is 4.53 Å². The van der Waals surface area contributed by atoms with Crippen molar-refractivity contribution in [1.29, 1.82) is 0 Å². The average molecular weight is 421 g/mol. The van der Waals surface area contributed by atoms with Gasteiger partial charge in [0.25, 0.3) is 11.1 Å². The summed E-state index contributed by atoms with van der Waals surface area (Å²) in [5, 5.41) is 4.20. The molecule has 0 atom stereocenters. The number of nitrogens with zero attached hydrogens (tertiary/aromatic N) is 3. The van der Waals surface area contributed by atoms with Crippen molar-refractivity contribution in [3.8, 4) is 5.75 Å². The first-order valence-electron chi connectivity index (χ1n) is 9.06. The van der Waals surface area contributed by atoms with Crippen LogP contribution in [-0.4, -0.2) is 21.2 Å². The fraction of sp³-hybridized carbons (Fsp3) is 0.0909. The van der Waals surface area contributed by atoms with Crippen molar-refractivity contribution in [2.24, 2.45) is 0 Å². The smallest absolute Gasteiger partial charge is 0.296 e. The van der Waals surface area contributed by atoms with Crippen LogP contribution in [0.25, 0.3) is 11.0 Å². The minimum atomic E-state index is -0.504. The Bertz CT molecular complexity index is 1380. The largest absolute Gasteiger partial charge is 0.490 e. The first kappa shape index (κ1) is 19.7. The van der Waals surface area contributed by atoms with Gasteiger partial charge in [-0.25, -0.2) is 4.39 Å². The number of fused-ring (bicyclic) bond motifs is 1. The van der Waals surface area contributed by atoms with E-state index in [2.05, 4.69) is 16.7 Å². The second kappa shape index (κ2) is 8.38. The van der Waals surface area contributed by atoms with Gasteiger partial charge in [-0.2, -0.15) is 14.6 Å². The van der Waals surface area contributed by atoms with Gasteiger partial charge in [-0.3, -0.25) is 9.59 Å². The van der Waals surface area contributed by atoms with E-state index in [1.165, 1.54) is 12.1 Å². The Labute approximate surface area is 174 Å². The van der Waals surface area contributed by atoms with E-state index in [0.717, 1.165) is 21.4 Å². The maximum Gasteiger partial charge on any atom is 0.296 e. The van der Waals surface area contributed by atoms with Crippen LogP contribution in [0.15, 0.2) is 70.8 Å². The molecule has 150 valence electrons. The maximum absolute atomic E-state index is 13.1. The van der Waals surface area contributed by atoms with Crippen LogP contribution in [0.5, 0.6) is 5.75 Å². The lowest BCUT2D eigenvalue weighted by atomic mass is 10.1. The Kier molecular flexibility index (Phi) is 5.49. The molecule has 0 saturated carbocycles. The van der Waals surface area contributed by atoms with Crippen LogP contribution >= 0.6 is 11.3 Å². The van der Waals surface area contributed by atoms with Gasteiger partial charge in [0.2, 0.25) is 4.96 Å². The third kappa shape index (κ3) is 4.18. The van der Waals surface area contributed by atoms with Gasteiger partial charge >= 0.3 is 0 Å². The van der Waals surface area contributed by atoms with Crippen LogP contribution in [0.3, 0.4) is 0 Å². The molecule has 0 aliphatic carbocycles. The third-order valence-corrected chi connectivity index (χ3v) is 5.24. The normalized spacial score (nSPS) is 11.7. The molecule has 4 aromatic rings. The molecule has 0 N–H and O–H groups in total. The zero-order valence-electron chi connectivity index (χ0n) is 15.7. The van der Waals surface area contributed by atoms with E-state index in [-0.39, 0.29) is 28.5 Å². The van der Waals surface area contributed by atoms with Crippen LogP contribution in [0.1, 0.15) is 16.8 Å². The zero-order chi connectivity index (χ0) is 21.1. The lowest BCUT2D eigenvalue weighted by molar-refractivity contribution is 0.363. The van der Waals surface area contributed by atoms with Gasteiger partial charge in [-0.05, 0) is 41.5 Å². The van der Waals surface area contributed by atoms with E-state index < -0.39 is 5.56 Å². The molecule has 0 amide bonds. The average Bonchev–Trinajstić information content (AvgIpc) is 3.04. The van der Waals surface area contributed by atoms with E-state index in [1.807, 2.05) is 12.1 Å². The summed E-state index contributed by atoms with van der Waals surface area (Å²) >= 11 is 1.10. The van der Waals surface area contributed by atoms with E-state index in [0.29, 0.717) is 22.5 Å². The number of hydrogen-bond donors (Lipinski definition) is 0. The molecule has 2 aromatic heterocycles. The predicted molar refractivity (Wildman–Crippen MR) is 114 cm³/mol. The van der Waals surface area contributed by atoms with Gasteiger partial charge in [0, 0.05) is 6.42 Å². The van der Waals surface area contributed by atoms with Crippen LogP contribution in [0, 0.1) is 5.82 Å². The quantitative estimate of drug-likeness (QED) is 0.447. The minimum absolute atomic E-state index is 0.129. The standard InChI is InChI=1S/C22H16FN3O3S/c1-2-11-29-17-9-5-15(6-10-17)13-19-21(28)26-22(30-19)24-20(27)18(25-26)12-14-3-7-16(23)8-4-14/h2-10,13H,1,11-12H2. The monoisotopic (exact) mass is 421 g/mol. The molecule has 2 heterocycles. The predicted octanol–water partition coefficient (Wildman–Crippen LogP) is 2.35. The van der Waals surface area contributed by atoms with Crippen molar-refractivity contribution < 1.29 is 9.13 Å². The van der Waals surface area contributed by atoms with Gasteiger partial charge in [0.1, 0.15) is 23.9 Å². The first-order valence-corrected chi connectivity index (χ1v) is 9.88. The highest BCUT2D eigenvalue weighted by atomic mass is 32.1. The number of halogens is 1. The van der Waals surface area contributed by atoms with Crippen molar-refractivity contribution in [2.75, 3.05) is 6.61 Å². The molecule has 0 unspecified atom stereocenters. The molecule has 0 fully saturated rings.